The summed E-state index contributed by atoms with van der Waals surface area (Å²) in [5.74, 6) is -1.29. The molecule has 0 aliphatic carbocycles. The summed E-state index contributed by atoms with van der Waals surface area (Å²) >= 11 is 0. The average Bonchev–Trinajstić information content (AvgIpc) is 2.70. The van der Waals surface area contributed by atoms with Crippen molar-refractivity contribution in [1.29, 1.82) is 0 Å². The van der Waals surface area contributed by atoms with Gasteiger partial charge in [0.2, 0.25) is 5.78 Å². The van der Waals surface area contributed by atoms with E-state index in [0.29, 0.717) is 18.3 Å². The van der Waals surface area contributed by atoms with Gasteiger partial charge in [-0.1, -0.05) is 110 Å². The van der Waals surface area contributed by atoms with E-state index >= 15 is 0 Å². The number of carboxylic acids is 1. The monoisotopic (exact) mass is 408 g/mol. The van der Waals surface area contributed by atoms with Crippen LogP contribution in [-0.4, -0.2) is 16.9 Å². The van der Waals surface area contributed by atoms with Crippen LogP contribution >= 0.6 is 0 Å². The van der Waals surface area contributed by atoms with E-state index in [1.54, 1.807) is 6.92 Å². The van der Waals surface area contributed by atoms with Gasteiger partial charge < -0.3 is 5.11 Å². The molecular weight excluding hydrogens is 360 g/mol. The molecular formula is C26H48O3. The quantitative estimate of drug-likeness (QED) is 0.126. The highest BCUT2D eigenvalue weighted by Gasteiger charge is 2.22. The molecule has 0 heterocycles. The molecule has 0 radical (unpaired) electrons. The number of aliphatic carboxylic acids is 1. The topological polar surface area (TPSA) is 54.4 Å². The lowest BCUT2D eigenvalue weighted by atomic mass is 9.83. The largest absolute Gasteiger partial charge is 0.475 e. The second-order valence-corrected chi connectivity index (χ2v) is 8.98. The van der Waals surface area contributed by atoms with Crippen molar-refractivity contribution >= 4 is 11.8 Å². The zero-order valence-electron chi connectivity index (χ0n) is 19.8. The predicted octanol–water partition coefficient (Wildman–Crippen LogP) is 7.98. The van der Waals surface area contributed by atoms with Gasteiger partial charge in [0.15, 0.2) is 0 Å². The highest BCUT2D eigenvalue weighted by Crippen LogP contribution is 2.27. The summed E-state index contributed by atoms with van der Waals surface area (Å²) in [4.78, 5) is 22.6. The van der Waals surface area contributed by atoms with Crippen molar-refractivity contribution in [2.75, 3.05) is 0 Å². The number of carbonyl (C=O) groups is 2. The maximum absolute atomic E-state index is 11.7. The van der Waals surface area contributed by atoms with Gasteiger partial charge in [0.05, 0.1) is 0 Å². The molecule has 0 rings (SSSR count). The van der Waals surface area contributed by atoms with Crippen molar-refractivity contribution in [2.45, 2.75) is 124 Å². The Morgan fingerprint density at radius 3 is 1.90 bits per heavy atom. The number of hydrogen-bond donors (Lipinski definition) is 1. The molecule has 3 nitrogen and oxygen atoms in total. The highest BCUT2D eigenvalue weighted by atomic mass is 16.4. The van der Waals surface area contributed by atoms with Crippen LogP contribution in [0.4, 0.5) is 0 Å². The molecule has 0 amide bonds. The van der Waals surface area contributed by atoms with E-state index in [2.05, 4.69) is 32.9 Å². The fourth-order valence-corrected chi connectivity index (χ4v) is 3.95. The second kappa shape index (κ2) is 18.9. The van der Waals surface area contributed by atoms with Gasteiger partial charge >= 0.3 is 5.97 Å². The van der Waals surface area contributed by atoms with Crippen LogP contribution in [0.5, 0.6) is 0 Å². The molecule has 0 aliphatic rings. The summed E-state index contributed by atoms with van der Waals surface area (Å²) in [6.45, 7) is 8.57. The number of allylic oxidation sites excluding steroid dienone is 2. The SMILES string of the molecule is CCCCCC/C=C/C(CCC(C)C(=O)C(=O)O)C(C)CCCCCCCCC. The molecule has 0 aliphatic heterocycles. The zero-order chi connectivity index (χ0) is 21.9. The van der Waals surface area contributed by atoms with Crippen LogP contribution in [0.2, 0.25) is 0 Å². The summed E-state index contributed by atoms with van der Waals surface area (Å²) in [5, 5.41) is 8.93. The Morgan fingerprint density at radius 2 is 1.31 bits per heavy atom. The average molecular weight is 409 g/mol. The van der Waals surface area contributed by atoms with E-state index in [-0.39, 0.29) is 0 Å². The Morgan fingerprint density at radius 1 is 0.759 bits per heavy atom. The number of hydrogen-bond acceptors (Lipinski definition) is 2. The van der Waals surface area contributed by atoms with Crippen molar-refractivity contribution in [1.82, 2.24) is 0 Å². The Bertz CT molecular complexity index is 441. The fraction of sp³-hybridized carbons (Fsp3) is 0.846. The first kappa shape index (κ1) is 27.9. The van der Waals surface area contributed by atoms with Crippen molar-refractivity contribution in [2.24, 2.45) is 17.8 Å². The van der Waals surface area contributed by atoms with Crippen molar-refractivity contribution in [3.63, 3.8) is 0 Å². The molecule has 29 heavy (non-hydrogen) atoms. The van der Waals surface area contributed by atoms with E-state index in [0.717, 1.165) is 12.8 Å². The van der Waals surface area contributed by atoms with Gasteiger partial charge in [-0.3, -0.25) is 4.79 Å². The first-order chi connectivity index (χ1) is 13.9. The Balaban J connectivity index is 4.45. The lowest BCUT2D eigenvalue weighted by Crippen LogP contribution is -2.22. The Hall–Kier alpha value is -1.12. The number of carboxylic acid groups (broad SMARTS) is 1. The van der Waals surface area contributed by atoms with Crippen LogP contribution in [0.1, 0.15) is 124 Å². The standard InChI is InChI=1S/C26H48O3/c1-5-7-9-11-13-14-16-18-22(3)24(19-17-15-12-10-8-6-2)21-20-23(4)25(27)26(28)29/h17,19,22-24H,5-16,18,20-21H2,1-4H3,(H,28,29)/b19-17+. The molecule has 3 heteroatoms. The molecule has 0 aromatic carbocycles. The summed E-state index contributed by atoms with van der Waals surface area (Å²) in [6.07, 6.45) is 23.0. The Kier molecular flexibility index (Phi) is 18.2. The predicted molar refractivity (Wildman–Crippen MR) is 124 cm³/mol. The number of rotatable bonds is 20. The smallest absolute Gasteiger partial charge is 0.372 e. The van der Waals surface area contributed by atoms with E-state index in [9.17, 15) is 9.59 Å². The lowest BCUT2D eigenvalue weighted by Gasteiger charge is -2.22. The van der Waals surface area contributed by atoms with Crippen LogP contribution in [0.3, 0.4) is 0 Å². The third-order valence-electron chi connectivity index (χ3n) is 6.19. The number of carbonyl (C=O) groups excluding carboxylic acids is 1. The van der Waals surface area contributed by atoms with Crippen molar-refractivity contribution in [3.05, 3.63) is 12.2 Å². The third-order valence-corrected chi connectivity index (χ3v) is 6.19. The van der Waals surface area contributed by atoms with Gasteiger partial charge in [0.1, 0.15) is 0 Å². The minimum atomic E-state index is -1.29. The highest BCUT2D eigenvalue weighted by molar-refractivity contribution is 6.33. The fourth-order valence-electron chi connectivity index (χ4n) is 3.95. The van der Waals surface area contributed by atoms with Gasteiger partial charge in [0, 0.05) is 5.92 Å². The van der Waals surface area contributed by atoms with Crippen LogP contribution < -0.4 is 0 Å². The van der Waals surface area contributed by atoms with Gasteiger partial charge in [-0.05, 0) is 37.5 Å². The van der Waals surface area contributed by atoms with Gasteiger partial charge in [-0.15, -0.1) is 0 Å². The molecule has 0 fully saturated rings. The first-order valence-electron chi connectivity index (χ1n) is 12.4. The van der Waals surface area contributed by atoms with Gasteiger partial charge in [-0.2, -0.15) is 0 Å². The first-order valence-corrected chi connectivity index (χ1v) is 12.4. The Labute approximate surface area is 180 Å². The second-order valence-electron chi connectivity index (χ2n) is 8.98. The molecule has 0 aromatic heterocycles. The zero-order valence-corrected chi connectivity index (χ0v) is 19.8. The molecule has 0 saturated carbocycles. The van der Waals surface area contributed by atoms with Crippen molar-refractivity contribution in [3.8, 4) is 0 Å². The van der Waals surface area contributed by atoms with Gasteiger partial charge in [-0.25, -0.2) is 4.79 Å². The van der Waals surface area contributed by atoms with Gasteiger partial charge in [0.25, 0.3) is 0 Å². The molecule has 0 saturated heterocycles. The van der Waals surface area contributed by atoms with Crippen LogP contribution in [-0.2, 0) is 9.59 Å². The molecule has 3 atom stereocenters. The lowest BCUT2D eigenvalue weighted by molar-refractivity contribution is -0.150. The minimum Gasteiger partial charge on any atom is -0.475 e. The van der Waals surface area contributed by atoms with Crippen LogP contribution in [0.15, 0.2) is 12.2 Å². The maximum Gasteiger partial charge on any atom is 0.372 e. The van der Waals surface area contributed by atoms with Crippen LogP contribution in [0.25, 0.3) is 0 Å². The number of unbranched alkanes of at least 4 members (excludes halogenated alkanes) is 10. The summed E-state index contributed by atoms with van der Waals surface area (Å²) in [7, 11) is 0. The van der Waals surface area contributed by atoms with E-state index in [4.69, 9.17) is 5.11 Å². The minimum absolute atomic E-state index is 0.390. The molecule has 170 valence electrons. The van der Waals surface area contributed by atoms with Crippen LogP contribution in [0, 0.1) is 17.8 Å². The molecule has 0 bridgehead atoms. The van der Waals surface area contributed by atoms with E-state index < -0.39 is 17.7 Å². The van der Waals surface area contributed by atoms with E-state index in [1.807, 2.05) is 0 Å². The number of ketones is 1. The normalized spacial score (nSPS) is 14.8. The molecule has 0 aromatic rings. The third kappa shape index (κ3) is 15.4. The van der Waals surface area contributed by atoms with E-state index in [1.165, 1.54) is 77.0 Å². The maximum atomic E-state index is 11.7. The summed E-state index contributed by atoms with van der Waals surface area (Å²) in [5.41, 5.74) is 0. The molecule has 3 unspecified atom stereocenters. The summed E-state index contributed by atoms with van der Waals surface area (Å²) < 4.78 is 0. The molecule has 1 N–H and O–H groups in total. The summed E-state index contributed by atoms with van der Waals surface area (Å²) in [6, 6.07) is 0. The van der Waals surface area contributed by atoms with Crippen molar-refractivity contribution < 1.29 is 14.7 Å². The molecule has 0 spiro atoms. The number of Topliss-reactive ketones (excluding diaryl/α,β-unsaturated/α-hetero) is 1.